The van der Waals surface area contributed by atoms with Crippen molar-refractivity contribution in [1.82, 2.24) is 89.3 Å². The van der Waals surface area contributed by atoms with E-state index in [9.17, 15) is 122 Å². The van der Waals surface area contributed by atoms with Crippen molar-refractivity contribution in [2.24, 2.45) is 34.6 Å². The largest absolute Gasteiger partial charge is 0.508 e. The van der Waals surface area contributed by atoms with Crippen LogP contribution in [0.15, 0.2) is 97.5 Å². The van der Waals surface area contributed by atoms with Crippen molar-refractivity contribution in [3.8, 4) is 5.75 Å². The molecule has 5 rings (SSSR count). The second-order valence-corrected chi connectivity index (χ2v) is 34.2. The molecule has 50 nitrogen and oxygen atoms in total. The van der Waals surface area contributed by atoms with Gasteiger partial charge in [-0.05, 0) is 151 Å². The van der Waals surface area contributed by atoms with Crippen LogP contribution in [0.5, 0.6) is 5.75 Å². The number of benzene rings is 3. The van der Waals surface area contributed by atoms with Crippen LogP contribution in [0.4, 0.5) is 0 Å². The molecule has 0 spiro atoms. The summed E-state index contributed by atoms with van der Waals surface area (Å²) in [5.41, 5.74) is 30.3. The number of rotatable bonds is 65. The predicted molar refractivity (Wildman–Crippen MR) is 496 cm³/mol. The van der Waals surface area contributed by atoms with Crippen molar-refractivity contribution in [3.63, 3.8) is 0 Å². The SMILES string of the molecule is CC(C)C[C@H](NC(=O)[C@H](CCC(=O)O)NC(=O)[C@H](CCC(=O)O)NC(=O)[C@H](CCCCN)NC(=O)[C@H](Cc1ccccc1)NC(=O)[C@@H](N)CO)C(=O)N[C@@H](CC(=O)O)C(=O)N[C@@H](CCCCN)C(=O)N[C@@H](Cc1ccc(O)cc1)C(=O)N[C@@H](Cc1ccccc1)C(=O)N[C@@H](CCCCN)C(=O)N[C@@H](CC(N)=O)C(=O)N[C@@H](Cc1cnc[nH]1)C(=O)N[C@H](C(=O)N[C@@H](CO)C(=O)N1CCC[C@H]1C(=O)O)[C@@H](C)O. The number of carbonyl (C=O) groups excluding carboxylic acids is 16. The van der Waals surface area contributed by atoms with Gasteiger partial charge in [-0.25, -0.2) is 9.78 Å². The number of aromatic nitrogens is 2. The Kier molecular flexibility index (Phi) is 50.2. The number of hydrogen-bond acceptors (Lipinski definition) is 29. The molecule has 0 unspecified atom stereocenters. The molecule has 3 aromatic carbocycles. The van der Waals surface area contributed by atoms with Gasteiger partial charge in [-0.3, -0.25) is 91.1 Å². The maximum atomic E-state index is 15.3. The number of nitrogens with one attached hydrogen (secondary N) is 15. The summed E-state index contributed by atoms with van der Waals surface area (Å²) in [7, 11) is 0. The zero-order valence-electron chi connectivity index (χ0n) is 78.0. The van der Waals surface area contributed by atoms with Gasteiger partial charge in [0.25, 0.3) is 0 Å². The Morgan fingerprint density at radius 1 is 0.407 bits per heavy atom. The van der Waals surface area contributed by atoms with E-state index in [-0.39, 0.29) is 127 Å². The highest BCUT2D eigenvalue weighted by Crippen LogP contribution is 2.21. The fourth-order valence-corrected chi connectivity index (χ4v) is 14.8. The number of imidazole rings is 1. The molecule has 0 saturated carbocycles. The van der Waals surface area contributed by atoms with Gasteiger partial charge in [0.1, 0.15) is 102 Å². The Hall–Kier alpha value is -14.2. The number of nitrogens with two attached hydrogens (primary N) is 5. The number of aliphatic hydroxyl groups excluding tert-OH is 3. The minimum absolute atomic E-state index is 0.0252. The van der Waals surface area contributed by atoms with Crippen LogP contribution in [0.25, 0.3) is 0 Å². The number of aliphatic carboxylic acids is 4. The molecule has 2 heterocycles. The van der Waals surface area contributed by atoms with E-state index in [2.05, 4.69) is 84.4 Å². The lowest BCUT2D eigenvalue weighted by molar-refractivity contribution is -0.150. The number of unbranched alkanes of at least 4 members (excludes halogenated alkanes) is 3. The van der Waals surface area contributed by atoms with Crippen molar-refractivity contribution in [2.75, 3.05) is 39.4 Å². The molecule has 1 fully saturated rings. The molecule has 33 N–H and O–H groups in total. The van der Waals surface area contributed by atoms with Crippen molar-refractivity contribution in [3.05, 3.63) is 120 Å². The number of likely N-dealkylation sites (tertiary alicyclic amines) is 1. The molecule has 770 valence electrons. The lowest BCUT2D eigenvalue weighted by atomic mass is 10.00. The smallest absolute Gasteiger partial charge is 0.326 e. The van der Waals surface area contributed by atoms with Crippen LogP contribution < -0.4 is 103 Å². The molecule has 1 aliphatic heterocycles. The molecule has 50 heteroatoms. The normalized spacial score (nSPS) is 15.7. The monoisotopic (exact) mass is 1970 g/mol. The number of primary amides is 1. The number of aromatic hydroxyl groups is 1. The van der Waals surface area contributed by atoms with Crippen LogP contribution in [0.3, 0.4) is 0 Å². The van der Waals surface area contributed by atoms with E-state index in [0.717, 1.165) is 11.8 Å². The molecule has 0 bridgehead atoms. The number of hydrogen-bond donors (Lipinski definition) is 28. The minimum Gasteiger partial charge on any atom is -0.508 e. The summed E-state index contributed by atoms with van der Waals surface area (Å²) >= 11 is 0. The van der Waals surface area contributed by atoms with Crippen LogP contribution in [-0.4, -0.2) is 316 Å². The number of carbonyl (C=O) groups is 20. The van der Waals surface area contributed by atoms with E-state index in [1.807, 2.05) is 0 Å². The maximum absolute atomic E-state index is 15.3. The molecule has 16 amide bonds. The molecule has 17 atom stereocenters. The topological polar surface area (TPSA) is 834 Å². The Labute approximate surface area is 805 Å². The molecule has 1 aliphatic rings. The van der Waals surface area contributed by atoms with Gasteiger partial charge < -0.3 is 154 Å². The predicted octanol–water partition coefficient (Wildman–Crippen LogP) is -7.55. The van der Waals surface area contributed by atoms with Crippen molar-refractivity contribution in [1.29, 1.82) is 0 Å². The second kappa shape index (κ2) is 60.5. The highest BCUT2D eigenvalue weighted by molar-refractivity contribution is 6.02. The van der Waals surface area contributed by atoms with E-state index in [0.29, 0.717) is 17.5 Å². The maximum Gasteiger partial charge on any atom is 0.326 e. The van der Waals surface area contributed by atoms with Gasteiger partial charge in [-0.2, -0.15) is 0 Å². The molecule has 1 aromatic heterocycles. The molecular formula is C90H132N22O28. The first kappa shape index (κ1) is 116. The third kappa shape index (κ3) is 40.8. The lowest BCUT2D eigenvalue weighted by Gasteiger charge is -2.29. The Morgan fingerprint density at radius 2 is 0.757 bits per heavy atom. The number of carboxylic acids is 4. The number of phenolic OH excluding ortho intramolecular Hbond substituents is 1. The van der Waals surface area contributed by atoms with Crippen LogP contribution in [0.1, 0.15) is 159 Å². The van der Waals surface area contributed by atoms with Gasteiger partial charge in [-0.15, -0.1) is 0 Å². The summed E-state index contributed by atoms with van der Waals surface area (Å²) < 4.78 is 0. The summed E-state index contributed by atoms with van der Waals surface area (Å²) in [6, 6.07) is -6.29. The summed E-state index contributed by atoms with van der Waals surface area (Å²) in [5, 5.41) is 115. The number of H-pyrrole nitrogens is 1. The van der Waals surface area contributed by atoms with Gasteiger partial charge >= 0.3 is 23.9 Å². The van der Waals surface area contributed by atoms with Crippen molar-refractivity contribution in [2.45, 2.75) is 265 Å². The number of carboxylic acid groups (broad SMARTS) is 4. The first-order valence-corrected chi connectivity index (χ1v) is 45.8. The molecular weight excluding hydrogens is 1840 g/mol. The molecule has 140 heavy (non-hydrogen) atoms. The quantitative estimate of drug-likeness (QED) is 0.0183. The minimum atomic E-state index is -2.13. The van der Waals surface area contributed by atoms with Crippen LogP contribution in [-0.2, 0) is 122 Å². The Bertz CT molecular complexity index is 4810. The van der Waals surface area contributed by atoms with E-state index in [1.165, 1.54) is 36.8 Å². The Balaban J connectivity index is 1.44. The fraction of sp³-hybridized carbons (Fsp3) is 0.544. The average molecular weight is 1970 g/mol. The third-order valence-corrected chi connectivity index (χ3v) is 22.4. The summed E-state index contributed by atoms with van der Waals surface area (Å²) in [4.78, 5) is 286. The zero-order valence-corrected chi connectivity index (χ0v) is 78.0. The summed E-state index contributed by atoms with van der Waals surface area (Å²) in [6.07, 6.45) is -5.66. The number of aromatic amines is 1. The fourth-order valence-electron chi connectivity index (χ4n) is 14.8. The van der Waals surface area contributed by atoms with Gasteiger partial charge in [0.2, 0.25) is 94.5 Å². The van der Waals surface area contributed by atoms with E-state index in [4.69, 9.17) is 28.7 Å². The lowest BCUT2D eigenvalue weighted by Crippen LogP contribution is -2.62. The van der Waals surface area contributed by atoms with Crippen molar-refractivity contribution < 1.29 is 137 Å². The number of amides is 16. The van der Waals surface area contributed by atoms with Crippen LogP contribution >= 0.6 is 0 Å². The Morgan fingerprint density at radius 3 is 1.12 bits per heavy atom. The van der Waals surface area contributed by atoms with Crippen LogP contribution in [0, 0.1) is 5.92 Å². The standard InChI is InChI=1S/C90H132N22O28/c1-48(2)37-61(104-80(129)60(30-32-72(120)121)102-79(128)59(29-31-71(118)119)101-76(125)56(21-10-13-33-91)98-82(131)62(103-75(124)55(94)45-113)38-50-17-6-4-7-18-50)81(130)109-67(43-73(122)123)86(135)100-57(22-11-14-34-92)77(126)105-64(40-52-25-27-54(116)28-26-52)84(133)106-63(39-51-19-8-5-9-20-51)83(132)99-58(23-12-15-35-93)78(127)108-66(42-70(95)117)85(134)107-65(41-53-44-96-47-97-53)87(136)111-74(49(3)115)88(137)110-68(46-114)89(138)112-36-16-24-69(112)90(139)140/h4-9,17-20,25-28,44,47-49,55-69,74,113-116H,10-16,21-24,29-43,45-46,91-94H2,1-3H3,(H2,95,117)(H,96,97)(H,98,131)(H,99,132)(H,100,135)(H,101,125)(H,102,128)(H,103,124)(H,104,129)(H,105,126)(H,106,133)(H,107,134)(H,108,127)(H,109,130)(H,110,137)(H,111,136)(H,118,119)(H,120,121)(H,122,123)(H,139,140)/t49-,55+,56+,57+,58+,59+,60+,61+,62+,63+,64+,65+,66+,67+,68+,69+,74+/m1/s1. The summed E-state index contributed by atoms with van der Waals surface area (Å²) in [5.74, 6) is -25.3. The molecule has 1 saturated heterocycles. The first-order chi connectivity index (χ1) is 66.5. The van der Waals surface area contributed by atoms with Crippen LogP contribution in [0.2, 0.25) is 0 Å². The van der Waals surface area contributed by atoms with Gasteiger partial charge in [0.15, 0.2) is 0 Å². The van der Waals surface area contributed by atoms with Gasteiger partial charge in [-0.1, -0.05) is 86.6 Å². The van der Waals surface area contributed by atoms with Gasteiger partial charge in [0, 0.05) is 57.0 Å². The molecule has 4 aromatic rings. The third-order valence-electron chi connectivity index (χ3n) is 22.4. The van der Waals surface area contributed by atoms with E-state index < -0.39 is 292 Å². The second-order valence-electron chi connectivity index (χ2n) is 34.2. The summed E-state index contributed by atoms with van der Waals surface area (Å²) in [6.45, 7) is 2.56. The van der Waals surface area contributed by atoms with Gasteiger partial charge in [0.05, 0.1) is 38.5 Å². The number of phenols is 1. The number of aliphatic hydroxyl groups is 3. The highest BCUT2D eigenvalue weighted by atomic mass is 16.4. The van der Waals surface area contributed by atoms with E-state index >= 15 is 14.4 Å². The first-order valence-electron chi connectivity index (χ1n) is 45.8. The number of nitrogens with zero attached hydrogens (tertiary/aromatic N) is 2. The van der Waals surface area contributed by atoms with E-state index in [1.54, 1.807) is 74.5 Å². The molecule has 0 aliphatic carbocycles. The average Bonchev–Trinajstić information content (AvgIpc) is 1.68. The zero-order chi connectivity index (χ0) is 104. The molecule has 0 radical (unpaired) electrons. The van der Waals surface area contributed by atoms with Crippen molar-refractivity contribution >= 4 is 118 Å². The highest BCUT2D eigenvalue weighted by Gasteiger charge is 2.43.